The molecule has 196 valence electrons. The van der Waals surface area contributed by atoms with Crippen molar-refractivity contribution in [1.29, 1.82) is 0 Å². The fourth-order valence-corrected chi connectivity index (χ4v) is 4.33. The third-order valence-corrected chi connectivity index (χ3v) is 6.41. The van der Waals surface area contributed by atoms with E-state index in [1.807, 2.05) is 0 Å². The number of anilines is 1. The van der Waals surface area contributed by atoms with Gasteiger partial charge >= 0.3 is 12.7 Å². The van der Waals surface area contributed by atoms with Gasteiger partial charge in [0.2, 0.25) is 0 Å². The lowest BCUT2D eigenvalue weighted by molar-refractivity contribution is -0.0498. The van der Waals surface area contributed by atoms with Gasteiger partial charge in [-0.25, -0.2) is 4.79 Å². The summed E-state index contributed by atoms with van der Waals surface area (Å²) in [4.78, 5) is 26.1. The van der Waals surface area contributed by atoms with Crippen molar-refractivity contribution in [2.75, 3.05) is 39.1 Å². The summed E-state index contributed by atoms with van der Waals surface area (Å²) in [5, 5.41) is 3.20. The Bertz CT molecular complexity index is 1050. The first-order valence-electron chi connectivity index (χ1n) is 11.3. The number of methoxy groups -OCH3 is 1. The summed E-state index contributed by atoms with van der Waals surface area (Å²) >= 11 is 6.06. The first-order valence-corrected chi connectivity index (χ1v) is 11.7. The van der Waals surface area contributed by atoms with E-state index in [9.17, 15) is 18.4 Å². The second kappa shape index (κ2) is 12.6. The Morgan fingerprint density at radius 3 is 2.44 bits per heavy atom. The van der Waals surface area contributed by atoms with Gasteiger partial charge in [-0.05, 0) is 55.6 Å². The summed E-state index contributed by atoms with van der Waals surface area (Å²) in [6, 6.07) is 8.88. The molecule has 1 fully saturated rings. The van der Waals surface area contributed by atoms with E-state index in [2.05, 4.69) is 15.0 Å². The highest BCUT2D eigenvalue weighted by Crippen LogP contribution is 2.30. The molecule has 1 aliphatic rings. The highest BCUT2D eigenvalue weighted by atomic mass is 35.5. The van der Waals surface area contributed by atoms with E-state index in [-0.39, 0.29) is 35.2 Å². The molecule has 0 aliphatic carbocycles. The Kier molecular flexibility index (Phi) is 9.54. The number of nitrogens with one attached hydrogen (secondary N) is 1. The van der Waals surface area contributed by atoms with Crippen molar-refractivity contribution < 1.29 is 32.6 Å². The Morgan fingerprint density at radius 1 is 1.19 bits per heavy atom. The number of carbonyl (C=O) groups is 2. The lowest BCUT2D eigenvalue weighted by Gasteiger charge is -2.37. The Balaban J connectivity index is 1.59. The average Bonchev–Trinajstić information content (AvgIpc) is 2.85. The van der Waals surface area contributed by atoms with Gasteiger partial charge in [-0.2, -0.15) is 8.78 Å². The predicted octanol–water partition coefficient (Wildman–Crippen LogP) is 3.81. The number of ether oxygens (including phenoxy) is 3. The zero-order valence-electron chi connectivity index (χ0n) is 19.7. The second-order valence-corrected chi connectivity index (χ2v) is 8.76. The summed E-state index contributed by atoms with van der Waals surface area (Å²) in [6.45, 7) is -1.11. The fourth-order valence-electron chi connectivity index (χ4n) is 4.16. The van der Waals surface area contributed by atoms with Gasteiger partial charge in [-0.3, -0.25) is 9.69 Å². The Morgan fingerprint density at radius 2 is 1.86 bits per heavy atom. The molecule has 36 heavy (non-hydrogen) atoms. The number of nitrogens with two attached hydrogens (primary N) is 2. The molecule has 3 rings (SSSR count). The van der Waals surface area contributed by atoms with Gasteiger partial charge in [0.15, 0.2) is 0 Å². The molecule has 2 aromatic rings. The molecule has 1 aliphatic heterocycles. The third kappa shape index (κ3) is 7.34. The van der Waals surface area contributed by atoms with Crippen LogP contribution in [-0.2, 0) is 4.74 Å². The number of carbonyl (C=O) groups excluding carboxylic acids is 2. The first kappa shape index (κ1) is 27.3. The maximum Gasteiger partial charge on any atom is 0.404 e. The van der Waals surface area contributed by atoms with E-state index in [0.29, 0.717) is 36.6 Å². The van der Waals surface area contributed by atoms with Crippen molar-refractivity contribution in [3.63, 3.8) is 0 Å². The van der Waals surface area contributed by atoms with Crippen LogP contribution in [0.25, 0.3) is 0 Å². The van der Waals surface area contributed by atoms with Crippen molar-refractivity contribution in [2.24, 2.45) is 11.7 Å². The van der Waals surface area contributed by atoms with Crippen LogP contribution in [0.3, 0.4) is 0 Å². The maximum atomic E-state index is 12.7. The zero-order valence-corrected chi connectivity index (χ0v) is 20.5. The minimum absolute atomic E-state index is 0.0173. The van der Waals surface area contributed by atoms with Crippen molar-refractivity contribution >= 4 is 29.3 Å². The molecule has 12 heteroatoms. The number of amides is 2. The number of halogens is 3. The van der Waals surface area contributed by atoms with Crippen LogP contribution in [0.15, 0.2) is 36.4 Å². The van der Waals surface area contributed by atoms with Crippen LogP contribution in [0.2, 0.25) is 5.02 Å². The van der Waals surface area contributed by atoms with Crippen molar-refractivity contribution in [1.82, 2.24) is 10.2 Å². The standard InChI is InChI=1S/C24H29ClF2N4O5/c1-34-21-11-19(28)18(25)10-17(21)22(32)30-12-14-6-8-31(9-7-14)20(13-35-24(29)33)15-2-4-16(5-3-15)36-23(26)27/h2-5,10-11,14,20,23H,6-9,12-13,28H2,1H3,(H2,29,33)(H,30,32). The molecule has 1 saturated heterocycles. The van der Waals surface area contributed by atoms with Gasteiger partial charge in [-0.15, -0.1) is 0 Å². The molecular weight excluding hydrogens is 498 g/mol. The summed E-state index contributed by atoms with van der Waals surface area (Å²) in [6.07, 6.45) is 0.660. The quantitative estimate of drug-likeness (QED) is 0.401. The lowest BCUT2D eigenvalue weighted by Crippen LogP contribution is -2.42. The topological polar surface area (TPSA) is 129 Å². The van der Waals surface area contributed by atoms with Crippen molar-refractivity contribution in [3.8, 4) is 11.5 Å². The monoisotopic (exact) mass is 526 g/mol. The molecule has 1 unspecified atom stereocenters. The van der Waals surface area contributed by atoms with Gasteiger partial charge in [0.1, 0.15) is 18.1 Å². The number of piperidine rings is 1. The van der Waals surface area contributed by atoms with Gasteiger partial charge < -0.3 is 31.0 Å². The van der Waals surface area contributed by atoms with Gasteiger partial charge in [0, 0.05) is 12.6 Å². The number of likely N-dealkylation sites (tertiary alicyclic amines) is 1. The largest absolute Gasteiger partial charge is 0.496 e. The molecule has 0 aromatic heterocycles. The second-order valence-electron chi connectivity index (χ2n) is 8.36. The number of benzene rings is 2. The van der Waals surface area contributed by atoms with Crippen molar-refractivity contribution in [2.45, 2.75) is 25.5 Å². The van der Waals surface area contributed by atoms with Gasteiger partial charge in [-0.1, -0.05) is 23.7 Å². The predicted molar refractivity (Wildman–Crippen MR) is 130 cm³/mol. The average molecular weight is 527 g/mol. The highest BCUT2D eigenvalue weighted by molar-refractivity contribution is 6.33. The molecule has 5 N–H and O–H groups in total. The zero-order chi connectivity index (χ0) is 26.2. The molecule has 0 spiro atoms. The van der Waals surface area contributed by atoms with Crippen LogP contribution in [-0.4, -0.2) is 56.9 Å². The SMILES string of the molecule is COc1cc(N)c(Cl)cc1C(=O)NCC1CCN(C(COC(N)=O)c2ccc(OC(F)F)cc2)CC1. The molecule has 1 atom stereocenters. The number of nitrogen functional groups attached to an aromatic ring is 1. The molecule has 9 nitrogen and oxygen atoms in total. The first-order chi connectivity index (χ1) is 17.2. The number of hydrogen-bond donors (Lipinski definition) is 3. The summed E-state index contributed by atoms with van der Waals surface area (Å²) in [7, 11) is 1.45. The molecule has 0 bridgehead atoms. The van der Waals surface area contributed by atoms with Crippen LogP contribution < -0.4 is 26.3 Å². The molecule has 2 aromatic carbocycles. The number of primary amides is 1. The van der Waals surface area contributed by atoms with Crippen LogP contribution in [0.4, 0.5) is 19.3 Å². The summed E-state index contributed by atoms with van der Waals surface area (Å²) in [5.74, 6) is 0.290. The fraction of sp³-hybridized carbons (Fsp3) is 0.417. The van der Waals surface area contributed by atoms with E-state index in [4.69, 9.17) is 32.5 Å². The van der Waals surface area contributed by atoms with E-state index >= 15 is 0 Å². The number of rotatable bonds is 10. The number of alkyl halides is 2. The van der Waals surface area contributed by atoms with E-state index < -0.39 is 12.7 Å². The van der Waals surface area contributed by atoms with Crippen LogP contribution in [0.1, 0.15) is 34.8 Å². The normalized spacial score (nSPS) is 15.4. The molecule has 2 amide bonds. The van der Waals surface area contributed by atoms with Crippen LogP contribution >= 0.6 is 11.6 Å². The molecule has 1 heterocycles. The third-order valence-electron chi connectivity index (χ3n) is 6.08. The highest BCUT2D eigenvalue weighted by Gasteiger charge is 2.28. The van der Waals surface area contributed by atoms with E-state index in [1.54, 1.807) is 12.1 Å². The maximum absolute atomic E-state index is 12.7. The van der Waals surface area contributed by atoms with Crippen LogP contribution in [0.5, 0.6) is 11.5 Å². The Hall–Kier alpha value is -3.31. The Labute approximate surface area is 212 Å². The number of nitrogens with zero attached hydrogens (tertiary/aromatic N) is 1. The van der Waals surface area contributed by atoms with Crippen molar-refractivity contribution in [3.05, 3.63) is 52.5 Å². The van der Waals surface area contributed by atoms with Gasteiger partial charge in [0.25, 0.3) is 5.91 Å². The lowest BCUT2D eigenvalue weighted by atomic mass is 9.94. The molecule has 0 radical (unpaired) electrons. The minimum atomic E-state index is -2.91. The van der Waals surface area contributed by atoms with E-state index in [1.165, 1.54) is 31.4 Å². The van der Waals surface area contributed by atoms with E-state index in [0.717, 1.165) is 18.4 Å². The summed E-state index contributed by atoms with van der Waals surface area (Å²) < 4.78 is 39.6. The van der Waals surface area contributed by atoms with Gasteiger partial charge in [0.05, 0.1) is 29.4 Å². The smallest absolute Gasteiger partial charge is 0.404 e. The molecular formula is C24H29ClF2N4O5. The number of hydrogen-bond acceptors (Lipinski definition) is 7. The summed E-state index contributed by atoms with van der Waals surface area (Å²) in [5.41, 5.74) is 12.3. The minimum Gasteiger partial charge on any atom is -0.496 e. The molecule has 0 saturated carbocycles. The van der Waals surface area contributed by atoms with Crippen LogP contribution in [0, 0.1) is 5.92 Å².